The Balaban J connectivity index is 2.26. The Bertz CT molecular complexity index is 303. The maximum Gasteiger partial charge on any atom is 0.127 e. The summed E-state index contributed by atoms with van der Waals surface area (Å²) in [6.07, 6.45) is 0. The van der Waals surface area contributed by atoms with Gasteiger partial charge < -0.3 is 4.74 Å². The second kappa shape index (κ2) is 3.85. The van der Waals surface area contributed by atoms with E-state index < -0.39 is 8.80 Å². The first-order valence-electron chi connectivity index (χ1n) is 5.11. The van der Waals surface area contributed by atoms with Crippen molar-refractivity contribution < 1.29 is 4.74 Å². The number of rotatable bonds is 2. The van der Waals surface area contributed by atoms with Crippen molar-refractivity contribution in [3.8, 4) is 0 Å². The van der Waals surface area contributed by atoms with Crippen LogP contribution in [0.5, 0.6) is 0 Å². The van der Waals surface area contributed by atoms with Gasteiger partial charge >= 0.3 is 0 Å². The van der Waals surface area contributed by atoms with Crippen LogP contribution in [0.2, 0.25) is 6.04 Å². The third kappa shape index (κ3) is 1.63. The topological polar surface area (TPSA) is 21.3 Å². The smallest absolute Gasteiger partial charge is 0.127 e. The molecule has 76 valence electrons. The predicted molar refractivity (Wildman–Crippen MR) is 61.4 cm³/mol. The van der Waals surface area contributed by atoms with Crippen LogP contribution in [0.3, 0.4) is 0 Å². The van der Waals surface area contributed by atoms with Crippen molar-refractivity contribution in [3.05, 3.63) is 30.3 Å². The molecule has 2 nitrogen and oxygen atoms in total. The third-order valence-electron chi connectivity index (χ3n) is 3.20. The minimum absolute atomic E-state index is 0.0542. The summed E-state index contributed by atoms with van der Waals surface area (Å²) in [7, 11) is 0.804. The summed E-state index contributed by atoms with van der Waals surface area (Å²) in [5.41, 5.74) is 0. The highest BCUT2D eigenvalue weighted by Crippen LogP contribution is 2.19. The first-order valence-corrected chi connectivity index (χ1v) is 7.08. The van der Waals surface area contributed by atoms with E-state index in [2.05, 4.69) is 42.6 Å². The van der Waals surface area contributed by atoms with E-state index in [1.54, 1.807) is 7.11 Å². The number of nitrogens with one attached hydrogen (secondary N) is 1. The Kier molecular flexibility index (Phi) is 2.72. The van der Waals surface area contributed by atoms with Crippen LogP contribution in [0.4, 0.5) is 0 Å². The van der Waals surface area contributed by atoms with Gasteiger partial charge in [-0.25, -0.2) is 0 Å². The highest BCUT2D eigenvalue weighted by molar-refractivity contribution is 6.76. The summed E-state index contributed by atoms with van der Waals surface area (Å²) in [6, 6.07) is 12.1. The summed E-state index contributed by atoms with van der Waals surface area (Å²) in [4.78, 5) is 0. The molecule has 1 aliphatic heterocycles. The molecule has 3 heteroatoms. The summed E-state index contributed by atoms with van der Waals surface area (Å²) >= 11 is 0. The monoisotopic (exact) mass is 207 g/mol. The molecule has 1 aromatic carbocycles. The minimum Gasteiger partial charge on any atom is -0.367 e. The molecular weight excluding hydrogens is 190 g/mol. The fraction of sp³-hybridized carbons (Fsp3) is 0.455. The maximum atomic E-state index is 5.62. The van der Waals surface area contributed by atoms with Crippen molar-refractivity contribution in [1.82, 2.24) is 5.32 Å². The number of hydrogen-bond donors (Lipinski definition) is 1. The molecule has 2 unspecified atom stereocenters. The Morgan fingerprint density at radius 2 is 2.07 bits per heavy atom. The molecule has 0 spiro atoms. The standard InChI is InChI=1S/C11H17NOSi/c1-11(13-2)12-8-9-14(11)10-6-4-3-5-7-10/h3-7,12,14H,8-9H2,1-2H3. The minimum atomic E-state index is -1.00. The SMILES string of the molecule is COC1(C)NCC[SiH]1c1ccccc1. The van der Waals surface area contributed by atoms with Gasteiger partial charge in [0.1, 0.15) is 14.1 Å². The van der Waals surface area contributed by atoms with E-state index >= 15 is 0 Å². The van der Waals surface area contributed by atoms with Gasteiger partial charge in [0.05, 0.1) is 0 Å². The van der Waals surface area contributed by atoms with Crippen molar-refractivity contribution >= 4 is 14.0 Å². The fourth-order valence-corrected chi connectivity index (χ4v) is 5.56. The zero-order chi connectivity index (χ0) is 10.0. The van der Waals surface area contributed by atoms with Crippen LogP contribution in [0.1, 0.15) is 6.92 Å². The maximum absolute atomic E-state index is 5.62. The lowest BCUT2D eigenvalue weighted by Gasteiger charge is -2.29. The van der Waals surface area contributed by atoms with E-state index in [1.165, 1.54) is 11.2 Å². The van der Waals surface area contributed by atoms with Crippen LogP contribution in [-0.4, -0.2) is 27.8 Å². The molecule has 0 amide bonds. The molecule has 14 heavy (non-hydrogen) atoms. The fourth-order valence-electron chi connectivity index (χ4n) is 2.25. The Morgan fingerprint density at radius 3 is 2.71 bits per heavy atom. The van der Waals surface area contributed by atoms with Crippen LogP contribution in [0.15, 0.2) is 30.3 Å². The zero-order valence-corrected chi connectivity index (χ0v) is 9.94. The molecule has 0 bridgehead atoms. The van der Waals surface area contributed by atoms with Gasteiger partial charge in [-0.3, -0.25) is 5.32 Å². The molecule has 1 heterocycles. The van der Waals surface area contributed by atoms with Gasteiger partial charge in [-0.1, -0.05) is 35.5 Å². The first kappa shape index (κ1) is 9.89. The van der Waals surface area contributed by atoms with Gasteiger partial charge in [-0.05, 0) is 19.5 Å². The number of benzene rings is 1. The van der Waals surface area contributed by atoms with Crippen LogP contribution in [-0.2, 0) is 4.74 Å². The molecule has 1 saturated heterocycles. The molecule has 2 atom stereocenters. The van der Waals surface area contributed by atoms with Gasteiger partial charge in [0.2, 0.25) is 0 Å². The van der Waals surface area contributed by atoms with E-state index in [0.717, 1.165) is 6.54 Å². The van der Waals surface area contributed by atoms with Crippen LogP contribution in [0, 0.1) is 0 Å². The van der Waals surface area contributed by atoms with Crippen molar-refractivity contribution in [2.75, 3.05) is 13.7 Å². The molecular formula is C11H17NOSi. The van der Waals surface area contributed by atoms with Crippen LogP contribution >= 0.6 is 0 Å². The van der Waals surface area contributed by atoms with Gasteiger partial charge in [0, 0.05) is 7.11 Å². The zero-order valence-electron chi connectivity index (χ0n) is 8.79. The molecule has 2 rings (SSSR count). The summed E-state index contributed by atoms with van der Waals surface area (Å²) in [6.45, 7) is 3.28. The van der Waals surface area contributed by atoms with E-state index in [4.69, 9.17) is 4.74 Å². The normalized spacial score (nSPS) is 32.0. The molecule has 1 fully saturated rings. The van der Waals surface area contributed by atoms with Crippen LogP contribution in [0.25, 0.3) is 0 Å². The Morgan fingerprint density at radius 1 is 1.36 bits per heavy atom. The number of methoxy groups -OCH3 is 1. The molecule has 0 radical (unpaired) electrons. The van der Waals surface area contributed by atoms with Crippen molar-refractivity contribution in [3.63, 3.8) is 0 Å². The lowest BCUT2D eigenvalue weighted by Crippen LogP contribution is -2.54. The Labute approximate surface area is 86.9 Å². The average Bonchev–Trinajstić information content (AvgIpc) is 2.63. The highest BCUT2D eigenvalue weighted by atomic mass is 28.3. The van der Waals surface area contributed by atoms with Crippen molar-refractivity contribution in [2.24, 2.45) is 0 Å². The van der Waals surface area contributed by atoms with Gasteiger partial charge in [0.15, 0.2) is 0 Å². The molecule has 1 N–H and O–H groups in total. The first-order chi connectivity index (χ1) is 6.76. The lowest BCUT2D eigenvalue weighted by molar-refractivity contribution is 0.0544. The van der Waals surface area contributed by atoms with Crippen LogP contribution < -0.4 is 10.5 Å². The van der Waals surface area contributed by atoms with Crippen molar-refractivity contribution in [1.29, 1.82) is 0 Å². The summed E-state index contributed by atoms with van der Waals surface area (Å²) in [5, 5.41) is 4.92. The molecule has 1 aliphatic rings. The number of hydrogen-bond acceptors (Lipinski definition) is 2. The van der Waals surface area contributed by atoms with Crippen molar-refractivity contribution in [2.45, 2.75) is 18.3 Å². The third-order valence-corrected chi connectivity index (χ3v) is 7.03. The summed E-state index contributed by atoms with van der Waals surface area (Å²) in [5.74, 6) is 0. The Hall–Kier alpha value is -0.643. The number of ether oxygens (including phenoxy) is 1. The molecule has 1 aromatic rings. The van der Waals surface area contributed by atoms with Gasteiger partial charge in [-0.15, -0.1) is 0 Å². The summed E-state index contributed by atoms with van der Waals surface area (Å²) < 4.78 is 5.62. The van der Waals surface area contributed by atoms with Gasteiger partial charge in [-0.2, -0.15) is 0 Å². The molecule has 0 aromatic heterocycles. The van der Waals surface area contributed by atoms with Gasteiger partial charge in [0.25, 0.3) is 0 Å². The van der Waals surface area contributed by atoms with E-state index in [1.807, 2.05) is 0 Å². The predicted octanol–water partition coefficient (Wildman–Crippen LogP) is 0.626. The largest absolute Gasteiger partial charge is 0.367 e. The average molecular weight is 207 g/mol. The second-order valence-electron chi connectivity index (χ2n) is 3.99. The van der Waals surface area contributed by atoms with E-state index in [0.29, 0.717) is 0 Å². The van der Waals surface area contributed by atoms with E-state index in [-0.39, 0.29) is 5.35 Å². The molecule has 0 saturated carbocycles. The highest BCUT2D eigenvalue weighted by Gasteiger charge is 2.40. The quantitative estimate of drug-likeness (QED) is 0.718. The molecule has 0 aliphatic carbocycles. The lowest BCUT2D eigenvalue weighted by atomic mass is 10.4. The second-order valence-corrected chi connectivity index (χ2v) is 7.44. The van der Waals surface area contributed by atoms with E-state index in [9.17, 15) is 0 Å².